The molecule has 2 nitrogen and oxygen atoms in total. The highest BCUT2D eigenvalue weighted by atomic mass is 16.5. The lowest BCUT2D eigenvalue weighted by Gasteiger charge is -2.12. The summed E-state index contributed by atoms with van der Waals surface area (Å²) >= 11 is 0. The van der Waals surface area contributed by atoms with Crippen LogP contribution < -0.4 is 0 Å². The summed E-state index contributed by atoms with van der Waals surface area (Å²) in [6.07, 6.45) is 7.37. The van der Waals surface area contributed by atoms with Crippen LogP contribution in [0.2, 0.25) is 0 Å². The standard InChI is InChI=1S/C8H14O2/c9-6-5-8-4-2-1-3-7-10-8/h1,3,8-9H,2,4-7H2. The average molecular weight is 142 g/mol. The number of ether oxygens (including phenoxy) is 1. The van der Waals surface area contributed by atoms with Crippen LogP contribution in [0, 0.1) is 0 Å². The molecule has 0 fully saturated rings. The van der Waals surface area contributed by atoms with Gasteiger partial charge in [0.1, 0.15) is 0 Å². The van der Waals surface area contributed by atoms with E-state index in [4.69, 9.17) is 9.84 Å². The van der Waals surface area contributed by atoms with Gasteiger partial charge in [0.05, 0.1) is 12.7 Å². The molecule has 0 saturated carbocycles. The molecule has 1 N–H and O–H groups in total. The number of aliphatic hydroxyl groups is 1. The lowest BCUT2D eigenvalue weighted by Crippen LogP contribution is -2.13. The van der Waals surface area contributed by atoms with Gasteiger partial charge in [-0.15, -0.1) is 0 Å². The molecule has 0 aromatic carbocycles. The highest BCUT2D eigenvalue weighted by Crippen LogP contribution is 2.10. The van der Waals surface area contributed by atoms with E-state index in [1.165, 1.54) is 0 Å². The second kappa shape index (κ2) is 4.47. The largest absolute Gasteiger partial charge is 0.396 e. The summed E-state index contributed by atoms with van der Waals surface area (Å²) in [5.74, 6) is 0. The zero-order chi connectivity index (χ0) is 7.23. The minimum absolute atomic E-state index is 0.241. The summed E-state index contributed by atoms with van der Waals surface area (Å²) in [5.41, 5.74) is 0. The molecule has 0 saturated heterocycles. The van der Waals surface area contributed by atoms with Gasteiger partial charge in [-0.3, -0.25) is 0 Å². The minimum Gasteiger partial charge on any atom is -0.396 e. The molecule has 58 valence electrons. The highest BCUT2D eigenvalue weighted by Gasteiger charge is 2.07. The van der Waals surface area contributed by atoms with Crippen LogP contribution in [-0.2, 0) is 4.74 Å². The summed E-state index contributed by atoms with van der Waals surface area (Å²) < 4.78 is 5.40. The van der Waals surface area contributed by atoms with Crippen LogP contribution in [0.15, 0.2) is 12.2 Å². The lowest BCUT2D eigenvalue weighted by molar-refractivity contribution is 0.0522. The predicted molar refractivity (Wildman–Crippen MR) is 39.8 cm³/mol. The van der Waals surface area contributed by atoms with E-state index in [0.717, 1.165) is 19.3 Å². The molecule has 0 aromatic heterocycles. The quantitative estimate of drug-likeness (QED) is 0.585. The van der Waals surface area contributed by atoms with E-state index in [-0.39, 0.29) is 12.7 Å². The molecule has 1 atom stereocenters. The topological polar surface area (TPSA) is 29.5 Å². The van der Waals surface area contributed by atoms with Gasteiger partial charge in [0.2, 0.25) is 0 Å². The Balaban J connectivity index is 2.20. The number of aliphatic hydroxyl groups excluding tert-OH is 1. The Hall–Kier alpha value is -0.340. The fraction of sp³-hybridized carbons (Fsp3) is 0.750. The van der Waals surface area contributed by atoms with E-state index >= 15 is 0 Å². The van der Waals surface area contributed by atoms with Gasteiger partial charge in [-0.2, -0.15) is 0 Å². The van der Waals surface area contributed by atoms with Crippen LogP contribution in [0.25, 0.3) is 0 Å². The van der Waals surface area contributed by atoms with E-state index in [1.807, 2.05) is 6.08 Å². The first kappa shape index (κ1) is 7.76. The Morgan fingerprint density at radius 3 is 3.20 bits per heavy atom. The van der Waals surface area contributed by atoms with Crippen LogP contribution in [0.4, 0.5) is 0 Å². The molecule has 2 heteroatoms. The monoisotopic (exact) mass is 142 g/mol. The predicted octanol–water partition coefficient (Wildman–Crippen LogP) is 1.10. The van der Waals surface area contributed by atoms with Crippen molar-refractivity contribution in [2.75, 3.05) is 13.2 Å². The van der Waals surface area contributed by atoms with Crippen molar-refractivity contribution in [3.05, 3.63) is 12.2 Å². The lowest BCUT2D eigenvalue weighted by atomic mass is 10.1. The van der Waals surface area contributed by atoms with E-state index in [0.29, 0.717) is 6.61 Å². The van der Waals surface area contributed by atoms with Gasteiger partial charge in [0.25, 0.3) is 0 Å². The first-order chi connectivity index (χ1) is 4.93. The van der Waals surface area contributed by atoms with Gasteiger partial charge < -0.3 is 9.84 Å². The van der Waals surface area contributed by atoms with E-state index in [2.05, 4.69) is 6.08 Å². The first-order valence-electron chi connectivity index (χ1n) is 3.81. The fourth-order valence-electron chi connectivity index (χ4n) is 1.11. The maximum Gasteiger partial charge on any atom is 0.0651 e. The summed E-state index contributed by atoms with van der Waals surface area (Å²) in [6, 6.07) is 0. The highest BCUT2D eigenvalue weighted by molar-refractivity contribution is 4.85. The summed E-state index contributed by atoms with van der Waals surface area (Å²) in [5, 5.41) is 8.61. The van der Waals surface area contributed by atoms with Gasteiger partial charge in [0.15, 0.2) is 0 Å². The molecule has 1 unspecified atom stereocenters. The third-order valence-corrected chi connectivity index (χ3v) is 1.70. The molecule has 1 aliphatic heterocycles. The van der Waals surface area contributed by atoms with Crippen molar-refractivity contribution in [2.45, 2.75) is 25.4 Å². The van der Waals surface area contributed by atoms with Crippen LogP contribution >= 0.6 is 0 Å². The molecule has 0 bridgehead atoms. The summed E-state index contributed by atoms with van der Waals surface area (Å²) in [7, 11) is 0. The van der Waals surface area contributed by atoms with Crippen molar-refractivity contribution in [3.63, 3.8) is 0 Å². The first-order valence-corrected chi connectivity index (χ1v) is 3.81. The normalized spacial score (nSPS) is 26.3. The Kier molecular flexibility index (Phi) is 3.47. The summed E-state index contributed by atoms with van der Waals surface area (Å²) in [6.45, 7) is 0.954. The number of rotatable bonds is 2. The van der Waals surface area contributed by atoms with Gasteiger partial charge >= 0.3 is 0 Å². The van der Waals surface area contributed by atoms with Crippen molar-refractivity contribution in [1.82, 2.24) is 0 Å². The van der Waals surface area contributed by atoms with Crippen LogP contribution in [-0.4, -0.2) is 24.4 Å². The van der Waals surface area contributed by atoms with Crippen molar-refractivity contribution in [3.8, 4) is 0 Å². The van der Waals surface area contributed by atoms with E-state index < -0.39 is 0 Å². The van der Waals surface area contributed by atoms with Gasteiger partial charge in [-0.25, -0.2) is 0 Å². The molecule has 1 heterocycles. The third-order valence-electron chi connectivity index (χ3n) is 1.70. The second-order valence-corrected chi connectivity index (χ2v) is 2.52. The summed E-state index contributed by atoms with van der Waals surface area (Å²) in [4.78, 5) is 0. The molecule has 0 spiro atoms. The molecule has 10 heavy (non-hydrogen) atoms. The molecular weight excluding hydrogens is 128 g/mol. The van der Waals surface area contributed by atoms with Gasteiger partial charge in [-0.05, 0) is 19.3 Å². The zero-order valence-electron chi connectivity index (χ0n) is 6.12. The van der Waals surface area contributed by atoms with Gasteiger partial charge in [0, 0.05) is 6.61 Å². The van der Waals surface area contributed by atoms with Crippen molar-refractivity contribution < 1.29 is 9.84 Å². The van der Waals surface area contributed by atoms with E-state index in [1.54, 1.807) is 0 Å². The van der Waals surface area contributed by atoms with Crippen LogP contribution in [0.1, 0.15) is 19.3 Å². The Bertz CT molecular complexity index is 99.8. The Morgan fingerprint density at radius 1 is 1.50 bits per heavy atom. The average Bonchev–Trinajstić information content (AvgIpc) is 2.17. The fourth-order valence-corrected chi connectivity index (χ4v) is 1.11. The minimum atomic E-state index is 0.241. The van der Waals surface area contributed by atoms with Gasteiger partial charge in [-0.1, -0.05) is 12.2 Å². The van der Waals surface area contributed by atoms with Crippen molar-refractivity contribution in [2.24, 2.45) is 0 Å². The molecule has 0 amide bonds. The number of hydrogen-bond donors (Lipinski definition) is 1. The van der Waals surface area contributed by atoms with E-state index in [9.17, 15) is 0 Å². The molecule has 0 radical (unpaired) electrons. The Morgan fingerprint density at radius 2 is 2.40 bits per heavy atom. The number of allylic oxidation sites excluding steroid dienone is 1. The van der Waals surface area contributed by atoms with Crippen molar-refractivity contribution >= 4 is 0 Å². The van der Waals surface area contributed by atoms with Crippen LogP contribution in [0.3, 0.4) is 0 Å². The third kappa shape index (κ3) is 2.50. The SMILES string of the molecule is OCCC1CCC=CCO1. The second-order valence-electron chi connectivity index (χ2n) is 2.52. The molecule has 1 aliphatic rings. The van der Waals surface area contributed by atoms with Crippen LogP contribution in [0.5, 0.6) is 0 Å². The maximum atomic E-state index is 8.61. The molecular formula is C8H14O2. The molecule has 0 aromatic rings. The Labute approximate surface area is 61.5 Å². The molecule has 0 aliphatic carbocycles. The van der Waals surface area contributed by atoms with Crippen molar-refractivity contribution in [1.29, 1.82) is 0 Å². The molecule has 1 rings (SSSR count). The number of hydrogen-bond acceptors (Lipinski definition) is 2. The zero-order valence-corrected chi connectivity index (χ0v) is 6.12. The smallest absolute Gasteiger partial charge is 0.0651 e. The maximum absolute atomic E-state index is 8.61.